The van der Waals surface area contributed by atoms with Gasteiger partial charge in [-0.1, -0.05) is 17.7 Å². The van der Waals surface area contributed by atoms with Crippen molar-refractivity contribution in [3.63, 3.8) is 0 Å². The van der Waals surface area contributed by atoms with Gasteiger partial charge >= 0.3 is 0 Å². The van der Waals surface area contributed by atoms with Gasteiger partial charge in [0.05, 0.1) is 11.1 Å². The van der Waals surface area contributed by atoms with E-state index in [1.165, 1.54) is 18.2 Å². The molecule has 0 radical (unpaired) electrons. The standard InChI is InChI=1S/C16H11ClF2N2/c1-8-3-4-10(13(19)7-8)16-20-14-9(2)12(18)6-5-11(14)15(17)21-16/h3-7H,1-2H3. The van der Waals surface area contributed by atoms with E-state index in [1.54, 1.807) is 26.0 Å². The molecule has 0 atom stereocenters. The molecule has 2 aromatic carbocycles. The Morgan fingerprint density at radius 2 is 1.71 bits per heavy atom. The number of fused-ring (bicyclic) bond motifs is 1. The van der Waals surface area contributed by atoms with Crippen molar-refractivity contribution < 1.29 is 8.78 Å². The SMILES string of the molecule is Cc1ccc(-c2nc(Cl)c3ccc(F)c(C)c3n2)c(F)c1. The van der Waals surface area contributed by atoms with Crippen LogP contribution in [0.15, 0.2) is 30.3 Å². The first-order valence-corrected chi connectivity index (χ1v) is 6.74. The molecule has 1 aromatic heterocycles. The lowest BCUT2D eigenvalue weighted by Crippen LogP contribution is -1.97. The maximum Gasteiger partial charge on any atom is 0.164 e. The maximum atomic E-state index is 14.1. The summed E-state index contributed by atoms with van der Waals surface area (Å²) in [6, 6.07) is 7.60. The molecule has 106 valence electrons. The van der Waals surface area contributed by atoms with Crippen LogP contribution in [0.25, 0.3) is 22.3 Å². The van der Waals surface area contributed by atoms with Gasteiger partial charge in [0, 0.05) is 10.9 Å². The Kier molecular flexibility index (Phi) is 3.33. The fourth-order valence-corrected chi connectivity index (χ4v) is 2.42. The fourth-order valence-electron chi connectivity index (χ4n) is 2.19. The quantitative estimate of drug-likeness (QED) is 0.601. The maximum absolute atomic E-state index is 14.1. The van der Waals surface area contributed by atoms with Crippen LogP contribution >= 0.6 is 11.6 Å². The van der Waals surface area contributed by atoms with Crippen LogP contribution in [0.4, 0.5) is 8.78 Å². The van der Waals surface area contributed by atoms with Crippen molar-refractivity contribution in [2.75, 3.05) is 0 Å². The van der Waals surface area contributed by atoms with Crippen molar-refractivity contribution >= 4 is 22.5 Å². The Hall–Kier alpha value is -2.07. The molecule has 2 nitrogen and oxygen atoms in total. The average molecular weight is 305 g/mol. The van der Waals surface area contributed by atoms with Gasteiger partial charge in [0.2, 0.25) is 0 Å². The highest BCUT2D eigenvalue weighted by Crippen LogP contribution is 2.29. The van der Waals surface area contributed by atoms with E-state index < -0.39 is 5.82 Å². The van der Waals surface area contributed by atoms with E-state index in [4.69, 9.17) is 11.6 Å². The molecular weight excluding hydrogens is 294 g/mol. The molecule has 0 aliphatic carbocycles. The fraction of sp³-hybridized carbons (Fsp3) is 0.125. The second-order valence-corrected chi connectivity index (χ2v) is 5.25. The molecule has 0 N–H and O–H groups in total. The van der Waals surface area contributed by atoms with E-state index in [0.717, 1.165) is 5.56 Å². The average Bonchev–Trinajstić information content (AvgIpc) is 2.43. The monoisotopic (exact) mass is 304 g/mol. The van der Waals surface area contributed by atoms with Crippen LogP contribution in [0.3, 0.4) is 0 Å². The summed E-state index contributed by atoms with van der Waals surface area (Å²) in [6.45, 7) is 3.40. The summed E-state index contributed by atoms with van der Waals surface area (Å²) in [5.41, 5.74) is 1.80. The van der Waals surface area contributed by atoms with Gasteiger partial charge in [-0.15, -0.1) is 0 Å². The lowest BCUT2D eigenvalue weighted by atomic mass is 10.1. The van der Waals surface area contributed by atoms with Crippen molar-refractivity contribution in [2.45, 2.75) is 13.8 Å². The predicted octanol–water partition coefficient (Wildman–Crippen LogP) is 4.85. The molecule has 3 rings (SSSR count). The molecule has 0 aliphatic heterocycles. The number of nitrogens with zero attached hydrogens (tertiary/aromatic N) is 2. The predicted molar refractivity (Wildman–Crippen MR) is 79.4 cm³/mol. The van der Waals surface area contributed by atoms with Gasteiger partial charge in [-0.3, -0.25) is 0 Å². The first-order chi connectivity index (χ1) is 9.97. The smallest absolute Gasteiger partial charge is 0.164 e. The van der Waals surface area contributed by atoms with Crippen LogP contribution < -0.4 is 0 Å². The minimum Gasteiger partial charge on any atom is -0.227 e. The zero-order valence-corrected chi connectivity index (χ0v) is 12.2. The van der Waals surface area contributed by atoms with Crippen molar-refractivity contribution in [3.8, 4) is 11.4 Å². The van der Waals surface area contributed by atoms with E-state index >= 15 is 0 Å². The highest BCUT2D eigenvalue weighted by Gasteiger charge is 2.14. The molecule has 0 fully saturated rings. The normalized spacial score (nSPS) is 11.1. The molecule has 21 heavy (non-hydrogen) atoms. The number of benzene rings is 2. The number of hydrogen-bond acceptors (Lipinski definition) is 2. The van der Waals surface area contributed by atoms with Crippen molar-refractivity contribution in [1.82, 2.24) is 9.97 Å². The van der Waals surface area contributed by atoms with Crippen LogP contribution in [-0.4, -0.2) is 9.97 Å². The van der Waals surface area contributed by atoms with Gasteiger partial charge in [-0.05, 0) is 43.7 Å². The molecule has 3 aromatic rings. The third-order valence-electron chi connectivity index (χ3n) is 3.37. The third kappa shape index (κ3) is 2.36. The summed E-state index contributed by atoms with van der Waals surface area (Å²) in [4.78, 5) is 8.41. The number of aromatic nitrogens is 2. The van der Waals surface area contributed by atoms with Gasteiger partial charge in [-0.25, -0.2) is 18.7 Å². The first kappa shape index (κ1) is 13.9. The van der Waals surface area contributed by atoms with Crippen LogP contribution in [0.2, 0.25) is 5.15 Å². The molecule has 0 amide bonds. The number of rotatable bonds is 1. The molecule has 0 saturated carbocycles. The lowest BCUT2D eigenvalue weighted by molar-refractivity contribution is 0.620. The van der Waals surface area contributed by atoms with Crippen LogP contribution in [-0.2, 0) is 0 Å². The summed E-state index contributed by atoms with van der Waals surface area (Å²) in [5, 5.41) is 0.727. The molecule has 1 heterocycles. The van der Waals surface area contributed by atoms with Gasteiger partial charge in [0.1, 0.15) is 16.8 Å². The molecule has 0 bridgehead atoms. The van der Waals surface area contributed by atoms with Crippen molar-refractivity contribution in [2.24, 2.45) is 0 Å². The molecule has 0 aliphatic rings. The van der Waals surface area contributed by atoms with E-state index in [9.17, 15) is 8.78 Å². The van der Waals surface area contributed by atoms with Crippen molar-refractivity contribution in [1.29, 1.82) is 0 Å². The number of aryl methyl sites for hydroxylation is 2. The highest BCUT2D eigenvalue weighted by molar-refractivity contribution is 6.34. The van der Waals surface area contributed by atoms with Gasteiger partial charge < -0.3 is 0 Å². The van der Waals surface area contributed by atoms with Crippen LogP contribution in [0.1, 0.15) is 11.1 Å². The van der Waals surface area contributed by atoms with Gasteiger partial charge in [0.15, 0.2) is 5.82 Å². The Morgan fingerprint density at radius 3 is 2.43 bits per heavy atom. The number of hydrogen-bond donors (Lipinski definition) is 0. The first-order valence-electron chi connectivity index (χ1n) is 6.36. The Labute approximate surface area is 125 Å². The van der Waals surface area contributed by atoms with Gasteiger partial charge in [0.25, 0.3) is 0 Å². The minimum absolute atomic E-state index is 0.152. The van der Waals surface area contributed by atoms with Crippen molar-refractivity contribution in [3.05, 3.63) is 58.2 Å². The minimum atomic E-state index is -0.431. The molecule has 0 unspecified atom stereocenters. The van der Waals surface area contributed by atoms with E-state index in [2.05, 4.69) is 9.97 Å². The molecule has 0 saturated heterocycles. The topological polar surface area (TPSA) is 25.8 Å². The third-order valence-corrected chi connectivity index (χ3v) is 3.66. The summed E-state index contributed by atoms with van der Waals surface area (Å²) in [7, 11) is 0. The largest absolute Gasteiger partial charge is 0.227 e. The van der Waals surface area contributed by atoms with E-state index in [1.807, 2.05) is 0 Å². The van der Waals surface area contributed by atoms with Crippen LogP contribution in [0.5, 0.6) is 0 Å². The Bertz CT molecular complexity index is 863. The number of halogens is 3. The second-order valence-electron chi connectivity index (χ2n) is 4.89. The second kappa shape index (κ2) is 5.04. The lowest BCUT2D eigenvalue weighted by Gasteiger charge is -2.08. The van der Waals surface area contributed by atoms with Crippen LogP contribution in [0, 0.1) is 25.5 Å². The zero-order chi connectivity index (χ0) is 15.1. The summed E-state index contributed by atoms with van der Waals surface area (Å²) >= 11 is 6.12. The molecule has 0 spiro atoms. The Morgan fingerprint density at radius 1 is 0.952 bits per heavy atom. The molecule has 5 heteroatoms. The van der Waals surface area contributed by atoms with Gasteiger partial charge in [-0.2, -0.15) is 0 Å². The van der Waals surface area contributed by atoms with E-state index in [0.29, 0.717) is 16.5 Å². The zero-order valence-electron chi connectivity index (χ0n) is 11.4. The summed E-state index contributed by atoms with van der Waals surface area (Å²) in [5.74, 6) is -0.661. The summed E-state index contributed by atoms with van der Waals surface area (Å²) < 4.78 is 27.7. The molecular formula is C16H11ClF2N2. The highest BCUT2D eigenvalue weighted by atomic mass is 35.5. The summed E-state index contributed by atoms with van der Waals surface area (Å²) in [6.07, 6.45) is 0. The Balaban J connectivity index is 2.31. The van der Waals surface area contributed by atoms with E-state index in [-0.39, 0.29) is 22.4 Å².